The van der Waals surface area contributed by atoms with Gasteiger partial charge >= 0.3 is 5.91 Å². The zero-order valence-electron chi connectivity index (χ0n) is 14.7. The summed E-state index contributed by atoms with van der Waals surface area (Å²) in [6, 6.07) is 13.0. The van der Waals surface area contributed by atoms with Gasteiger partial charge in [0.25, 0.3) is 5.78 Å². The number of amides is 1. The summed E-state index contributed by atoms with van der Waals surface area (Å²) in [7, 11) is 0. The first-order valence-corrected chi connectivity index (χ1v) is 9.63. The summed E-state index contributed by atoms with van der Waals surface area (Å²) in [4.78, 5) is 26.9. The van der Waals surface area contributed by atoms with Crippen LogP contribution in [-0.4, -0.2) is 27.0 Å². The predicted molar refractivity (Wildman–Crippen MR) is 107 cm³/mol. The van der Waals surface area contributed by atoms with E-state index in [0.717, 1.165) is 16.9 Å². The molecule has 4 rings (SSSR count). The number of aromatic nitrogens is 2. The molecule has 6 nitrogen and oxygen atoms in total. The number of aliphatic hydroxyl groups is 1. The number of aryl methyl sites for hydroxylation is 1. The van der Waals surface area contributed by atoms with Crippen molar-refractivity contribution >= 4 is 45.5 Å². The summed E-state index contributed by atoms with van der Waals surface area (Å²) in [6.07, 6.45) is 0. The lowest BCUT2D eigenvalue weighted by molar-refractivity contribution is -0.132. The first-order valence-electron chi connectivity index (χ1n) is 8.37. The van der Waals surface area contributed by atoms with Crippen LogP contribution in [0.2, 0.25) is 5.02 Å². The molecular formula is C20H14ClN3O3S. The van der Waals surface area contributed by atoms with Crippen LogP contribution in [0.5, 0.6) is 0 Å². The van der Waals surface area contributed by atoms with E-state index in [9.17, 15) is 14.7 Å². The summed E-state index contributed by atoms with van der Waals surface area (Å²) < 4.78 is 0. The lowest BCUT2D eigenvalue weighted by Crippen LogP contribution is -2.29. The molecule has 0 aliphatic carbocycles. The summed E-state index contributed by atoms with van der Waals surface area (Å²) in [6.45, 7) is 1.92. The summed E-state index contributed by atoms with van der Waals surface area (Å²) >= 11 is 7.27. The number of hydrogen-bond donors (Lipinski definition) is 1. The molecule has 0 radical (unpaired) electrons. The minimum atomic E-state index is -0.854. The van der Waals surface area contributed by atoms with E-state index in [2.05, 4.69) is 10.2 Å². The van der Waals surface area contributed by atoms with Gasteiger partial charge in [-0.25, -0.2) is 0 Å². The first kappa shape index (κ1) is 18.3. The molecule has 1 aromatic heterocycles. The average Bonchev–Trinajstić information content (AvgIpc) is 3.29. The molecule has 140 valence electrons. The lowest BCUT2D eigenvalue weighted by Gasteiger charge is -2.22. The van der Waals surface area contributed by atoms with E-state index < -0.39 is 17.7 Å². The van der Waals surface area contributed by atoms with Crippen molar-refractivity contribution in [1.82, 2.24) is 10.2 Å². The van der Waals surface area contributed by atoms with Gasteiger partial charge in [-0.3, -0.25) is 14.5 Å². The maximum atomic E-state index is 12.9. The fourth-order valence-corrected chi connectivity index (χ4v) is 3.94. The molecule has 1 aliphatic rings. The molecule has 0 spiro atoms. The van der Waals surface area contributed by atoms with Crippen molar-refractivity contribution in [3.63, 3.8) is 0 Å². The number of Topliss-reactive ketones (excluding diaryl/α,β-unsaturated/α-hetero) is 1. The van der Waals surface area contributed by atoms with Crippen molar-refractivity contribution in [3.05, 3.63) is 81.3 Å². The summed E-state index contributed by atoms with van der Waals surface area (Å²) in [5.41, 5.74) is 3.52. The largest absolute Gasteiger partial charge is 0.507 e. The lowest BCUT2D eigenvalue weighted by atomic mass is 9.95. The Morgan fingerprint density at radius 1 is 1.18 bits per heavy atom. The Balaban J connectivity index is 1.95. The molecular weight excluding hydrogens is 398 g/mol. The first-order chi connectivity index (χ1) is 13.5. The minimum absolute atomic E-state index is 0.00804. The van der Waals surface area contributed by atoms with Crippen LogP contribution in [-0.2, 0) is 9.59 Å². The van der Waals surface area contributed by atoms with Crippen molar-refractivity contribution < 1.29 is 14.7 Å². The molecule has 1 fully saturated rings. The second-order valence-corrected chi connectivity index (χ2v) is 7.56. The normalized spacial score (nSPS) is 18.6. The van der Waals surface area contributed by atoms with E-state index >= 15 is 0 Å². The second-order valence-electron chi connectivity index (χ2n) is 6.31. The molecule has 0 bridgehead atoms. The van der Waals surface area contributed by atoms with Crippen LogP contribution in [0.3, 0.4) is 0 Å². The fraction of sp³-hybridized carbons (Fsp3) is 0.100. The predicted octanol–water partition coefficient (Wildman–Crippen LogP) is 4.13. The van der Waals surface area contributed by atoms with Crippen LogP contribution in [0.25, 0.3) is 5.76 Å². The van der Waals surface area contributed by atoms with Crippen molar-refractivity contribution in [2.75, 3.05) is 4.90 Å². The number of carbonyl (C=O) groups excluding carboxylic acids is 2. The van der Waals surface area contributed by atoms with Crippen LogP contribution in [0, 0.1) is 6.92 Å². The Hall–Kier alpha value is -3.03. The van der Waals surface area contributed by atoms with Gasteiger partial charge in [0.2, 0.25) is 5.13 Å². The molecule has 1 atom stereocenters. The Morgan fingerprint density at radius 2 is 1.93 bits per heavy atom. The molecule has 28 heavy (non-hydrogen) atoms. The van der Waals surface area contributed by atoms with Crippen LogP contribution in [0.4, 0.5) is 5.13 Å². The Kier molecular flexibility index (Phi) is 4.70. The molecule has 8 heteroatoms. The van der Waals surface area contributed by atoms with E-state index in [-0.39, 0.29) is 16.5 Å². The number of aliphatic hydroxyl groups excluding tert-OH is 1. The van der Waals surface area contributed by atoms with Crippen LogP contribution < -0.4 is 4.90 Å². The fourth-order valence-electron chi connectivity index (χ4n) is 3.16. The molecule has 2 aromatic carbocycles. The summed E-state index contributed by atoms with van der Waals surface area (Å²) in [5.74, 6) is -1.79. The Morgan fingerprint density at radius 3 is 2.57 bits per heavy atom. The maximum Gasteiger partial charge on any atom is 0.301 e. The monoisotopic (exact) mass is 411 g/mol. The SMILES string of the molecule is Cc1ccc(/C(O)=C2\C(=O)C(=O)N(c3nncs3)[C@H]2c2cccc(Cl)c2)cc1. The van der Waals surface area contributed by atoms with Gasteiger partial charge in [0.15, 0.2) is 0 Å². The third kappa shape index (κ3) is 3.08. The van der Waals surface area contributed by atoms with Gasteiger partial charge in [-0.15, -0.1) is 10.2 Å². The zero-order chi connectivity index (χ0) is 19.8. The number of carbonyl (C=O) groups is 2. The molecule has 1 aliphatic heterocycles. The van der Waals surface area contributed by atoms with E-state index in [4.69, 9.17) is 11.6 Å². The third-order valence-electron chi connectivity index (χ3n) is 4.49. The van der Waals surface area contributed by atoms with E-state index in [1.54, 1.807) is 36.4 Å². The van der Waals surface area contributed by atoms with Crippen molar-refractivity contribution in [1.29, 1.82) is 0 Å². The quantitative estimate of drug-likeness (QED) is 0.398. The van der Waals surface area contributed by atoms with Gasteiger partial charge in [-0.2, -0.15) is 0 Å². The zero-order valence-corrected chi connectivity index (χ0v) is 16.2. The topological polar surface area (TPSA) is 83.4 Å². The number of benzene rings is 2. The summed E-state index contributed by atoms with van der Waals surface area (Å²) in [5, 5.41) is 19.4. The minimum Gasteiger partial charge on any atom is -0.507 e. The number of rotatable bonds is 3. The Labute approximate surface area is 169 Å². The number of halogens is 1. The van der Waals surface area contributed by atoms with E-state index in [1.807, 2.05) is 19.1 Å². The molecule has 0 unspecified atom stereocenters. The second kappa shape index (κ2) is 7.18. The van der Waals surface area contributed by atoms with Gasteiger partial charge in [-0.05, 0) is 24.6 Å². The van der Waals surface area contributed by atoms with Gasteiger partial charge in [0, 0.05) is 10.6 Å². The third-order valence-corrected chi connectivity index (χ3v) is 5.41. The van der Waals surface area contributed by atoms with Crippen molar-refractivity contribution in [2.45, 2.75) is 13.0 Å². The van der Waals surface area contributed by atoms with Gasteiger partial charge < -0.3 is 5.11 Å². The van der Waals surface area contributed by atoms with E-state index in [0.29, 0.717) is 16.1 Å². The molecule has 1 amide bonds. The standard InChI is InChI=1S/C20H14ClN3O3S/c1-11-5-7-12(8-6-11)17(25)15-16(13-3-2-4-14(21)9-13)24(19(27)18(15)26)20-23-22-10-28-20/h2-10,16,25H,1H3/b17-15+/t16-/m0/s1. The molecule has 2 heterocycles. The van der Waals surface area contributed by atoms with Crippen LogP contribution >= 0.6 is 22.9 Å². The van der Waals surface area contributed by atoms with Crippen LogP contribution in [0.15, 0.2) is 59.6 Å². The molecule has 3 aromatic rings. The van der Waals surface area contributed by atoms with Gasteiger partial charge in [0.05, 0.1) is 11.6 Å². The van der Waals surface area contributed by atoms with Crippen LogP contribution in [0.1, 0.15) is 22.7 Å². The highest BCUT2D eigenvalue weighted by atomic mass is 35.5. The number of nitrogens with zero attached hydrogens (tertiary/aromatic N) is 3. The maximum absolute atomic E-state index is 12.9. The average molecular weight is 412 g/mol. The smallest absolute Gasteiger partial charge is 0.301 e. The van der Waals surface area contributed by atoms with Crippen molar-refractivity contribution in [2.24, 2.45) is 0 Å². The highest BCUT2D eigenvalue weighted by Crippen LogP contribution is 2.42. The van der Waals surface area contributed by atoms with Crippen molar-refractivity contribution in [3.8, 4) is 0 Å². The highest BCUT2D eigenvalue weighted by molar-refractivity contribution is 7.13. The molecule has 0 saturated carbocycles. The highest BCUT2D eigenvalue weighted by Gasteiger charge is 2.48. The number of anilines is 1. The molecule has 1 N–H and O–H groups in total. The number of hydrogen-bond acceptors (Lipinski definition) is 6. The Bertz CT molecular complexity index is 1090. The van der Waals surface area contributed by atoms with Gasteiger partial charge in [-0.1, -0.05) is 64.9 Å². The number of ketones is 1. The van der Waals surface area contributed by atoms with E-state index in [1.165, 1.54) is 10.4 Å². The molecule has 1 saturated heterocycles. The van der Waals surface area contributed by atoms with Gasteiger partial charge in [0.1, 0.15) is 11.3 Å².